The molecule has 2 aromatic rings. The fourth-order valence-electron chi connectivity index (χ4n) is 3.63. The van der Waals surface area contributed by atoms with Crippen molar-refractivity contribution in [3.05, 3.63) is 65.2 Å². The number of guanidine groups is 1. The van der Waals surface area contributed by atoms with Crippen LogP contribution in [0, 0.1) is 11.6 Å². The van der Waals surface area contributed by atoms with Gasteiger partial charge in [0.2, 0.25) is 0 Å². The fourth-order valence-corrected chi connectivity index (χ4v) is 3.63. The smallest absolute Gasteiger partial charge is 0.191 e. The van der Waals surface area contributed by atoms with E-state index in [2.05, 4.69) is 20.5 Å². The summed E-state index contributed by atoms with van der Waals surface area (Å²) in [7, 11) is 1.55. The van der Waals surface area contributed by atoms with Crippen molar-refractivity contribution in [2.24, 2.45) is 4.99 Å². The van der Waals surface area contributed by atoms with Gasteiger partial charge in [-0.15, -0.1) is 24.0 Å². The largest absolute Gasteiger partial charge is 0.380 e. The minimum atomic E-state index is -0.264. The number of hydrogen-bond acceptors (Lipinski definition) is 3. The SMILES string of the molecule is CCNC(=NCc1ccc(F)c(COC)c1)NC1CCN(c2cccc(F)c2)CC1.I. The quantitative estimate of drug-likeness (QED) is 0.307. The highest BCUT2D eigenvalue weighted by atomic mass is 127. The van der Waals surface area contributed by atoms with Crippen molar-refractivity contribution in [1.82, 2.24) is 10.6 Å². The van der Waals surface area contributed by atoms with Crippen LogP contribution in [0.1, 0.15) is 30.9 Å². The normalized spacial score (nSPS) is 14.8. The monoisotopic (exact) mass is 544 g/mol. The van der Waals surface area contributed by atoms with Crippen LogP contribution in [0.4, 0.5) is 14.5 Å². The van der Waals surface area contributed by atoms with Gasteiger partial charge in [0.1, 0.15) is 11.6 Å². The zero-order valence-electron chi connectivity index (χ0n) is 18.0. The molecule has 2 N–H and O–H groups in total. The third kappa shape index (κ3) is 7.60. The van der Waals surface area contributed by atoms with Gasteiger partial charge in [-0.3, -0.25) is 0 Å². The number of nitrogens with zero attached hydrogens (tertiary/aromatic N) is 2. The first-order valence-corrected chi connectivity index (χ1v) is 10.4. The molecule has 1 heterocycles. The van der Waals surface area contributed by atoms with Crippen molar-refractivity contribution < 1.29 is 13.5 Å². The number of halogens is 3. The predicted octanol–water partition coefficient (Wildman–Crippen LogP) is 4.45. The van der Waals surface area contributed by atoms with E-state index in [9.17, 15) is 8.78 Å². The van der Waals surface area contributed by atoms with Crippen molar-refractivity contribution in [2.75, 3.05) is 31.6 Å². The van der Waals surface area contributed by atoms with Crippen molar-refractivity contribution in [2.45, 2.75) is 39.0 Å². The number of ether oxygens (including phenoxy) is 1. The highest BCUT2D eigenvalue weighted by molar-refractivity contribution is 14.0. The molecule has 0 spiro atoms. The van der Waals surface area contributed by atoms with E-state index in [-0.39, 0.29) is 42.2 Å². The van der Waals surface area contributed by atoms with Crippen molar-refractivity contribution in [1.29, 1.82) is 0 Å². The summed E-state index contributed by atoms with van der Waals surface area (Å²) < 4.78 is 32.3. The lowest BCUT2D eigenvalue weighted by Gasteiger charge is -2.34. The van der Waals surface area contributed by atoms with Crippen LogP contribution in [0.25, 0.3) is 0 Å². The van der Waals surface area contributed by atoms with Crippen LogP contribution in [0.5, 0.6) is 0 Å². The molecule has 1 aliphatic heterocycles. The average Bonchev–Trinajstić information content (AvgIpc) is 2.75. The number of anilines is 1. The van der Waals surface area contributed by atoms with E-state index < -0.39 is 0 Å². The maximum atomic E-state index is 13.8. The Balaban J connectivity index is 0.00000341. The Hall–Kier alpha value is -1.94. The van der Waals surface area contributed by atoms with Crippen LogP contribution in [0.15, 0.2) is 47.5 Å². The molecule has 2 aromatic carbocycles. The Bertz CT molecular complexity index is 857. The van der Waals surface area contributed by atoms with Gasteiger partial charge in [-0.25, -0.2) is 13.8 Å². The van der Waals surface area contributed by atoms with Crippen LogP contribution in [-0.2, 0) is 17.9 Å². The second-order valence-corrected chi connectivity index (χ2v) is 7.44. The Morgan fingerprint density at radius 1 is 1.16 bits per heavy atom. The first-order chi connectivity index (χ1) is 14.6. The van der Waals surface area contributed by atoms with Crippen LogP contribution < -0.4 is 15.5 Å². The minimum absolute atomic E-state index is 0. The molecule has 5 nitrogen and oxygen atoms in total. The number of hydrogen-bond donors (Lipinski definition) is 2. The molecular weight excluding hydrogens is 513 g/mol. The maximum Gasteiger partial charge on any atom is 0.191 e. The molecule has 31 heavy (non-hydrogen) atoms. The van der Waals surface area contributed by atoms with E-state index in [1.165, 1.54) is 12.1 Å². The summed E-state index contributed by atoms with van der Waals surface area (Å²) in [4.78, 5) is 6.87. The third-order valence-electron chi connectivity index (χ3n) is 5.18. The van der Waals surface area contributed by atoms with E-state index in [1.807, 2.05) is 13.0 Å². The second kappa shape index (κ2) is 12.8. The number of piperidine rings is 1. The molecule has 0 aromatic heterocycles. The zero-order valence-corrected chi connectivity index (χ0v) is 20.4. The zero-order chi connectivity index (χ0) is 21.3. The molecule has 3 rings (SSSR count). The molecule has 0 atom stereocenters. The molecule has 0 saturated carbocycles. The number of benzene rings is 2. The predicted molar refractivity (Wildman–Crippen MR) is 132 cm³/mol. The number of rotatable bonds is 7. The van der Waals surface area contributed by atoms with Gasteiger partial charge in [0.15, 0.2) is 5.96 Å². The Morgan fingerprint density at radius 2 is 1.94 bits per heavy atom. The van der Waals surface area contributed by atoms with Crippen LogP contribution in [-0.4, -0.2) is 38.7 Å². The lowest BCUT2D eigenvalue weighted by atomic mass is 10.0. The molecule has 1 aliphatic rings. The molecule has 0 amide bonds. The number of nitrogens with one attached hydrogen (secondary N) is 2. The van der Waals surface area contributed by atoms with Crippen LogP contribution >= 0.6 is 24.0 Å². The summed E-state index contributed by atoms with van der Waals surface area (Å²) in [5.74, 6) is 0.280. The van der Waals surface area contributed by atoms with Gasteiger partial charge >= 0.3 is 0 Å². The van der Waals surface area contributed by atoms with Crippen molar-refractivity contribution in [3.8, 4) is 0 Å². The highest BCUT2D eigenvalue weighted by Crippen LogP contribution is 2.21. The first kappa shape index (κ1) is 25.3. The second-order valence-electron chi connectivity index (χ2n) is 7.44. The first-order valence-electron chi connectivity index (χ1n) is 10.4. The highest BCUT2D eigenvalue weighted by Gasteiger charge is 2.20. The van der Waals surface area contributed by atoms with Gasteiger partial charge < -0.3 is 20.3 Å². The van der Waals surface area contributed by atoms with Gasteiger partial charge in [0.25, 0.3) is 0 Å². The van der Waals surface area contributed by atoms with Gasteiger partial charge in [-0.2, -0.15) is 0 Å². The van der Waals surface area contributed by atoms with E-state index in [4.69, 9.17) is 4.74 Å². The summed E-state index contributed by atoms with van der Waals surface area (Å²) in [5, 5.41) is 6.78. The molecule has 0 bridgehead atoms. The molecule has 0 unspecified atom stereocenters. The van der Waals surface area contributed by atoms with Crippen molar-refractivity contribution >= 4 is 35.6 Å². The molecule has 0 radical (unpaired) electrons. The van der Waals surface area contributed by atoms with Crippen molar-refractivity contribution in [3.63, 3.8) is 0 Å². The molecule has 1 saturated heterocycles. The average molecular weight is 544 g/mol. The number of methoxy groups -OCH3 is 1. The Morgan fingerprint density at radius 3 is 2.61 bits per heavy atom. The standard InChI is InChI=1S/C23H30F2N4O.HI/c1-3-26-23(27-15-17-7-8-22(25)18(13-17)16-30-2)28-20-9-11-29(12-10-20)21-6-4-5-19(24)14-21;/h4-8,13-14,20H,3,9-12,15-16H2,1-2H3,(H2,26,27,28);1H. The summed E-state index contributed by atoms with van der Waals surface area (Å²) in [5.41, 5.74) is 2.40. The van der Waals surface area contributed by atoms with Gasteiger partial charge in [0.05, 0.1) is 13.2 Å². The van der Waals surface area contributed by atoms with Crippen LogP contribution in [0.3, 0.4) is 0 Å². The van der Waals surface area contributed by atoms with Gasteiger partial charge in [-0.05, 0) is 55.7 Å². The van der Waals surface area contributed by atoms with Gasteiger partial charge in [0, 0.05) is 44.0 Å². The molecule has 0 aliphatic carbocycles. The topological polar surface area (TPSA) is 48.9 Å². The summed E-state index contributed by atoms with van der Waals surface area (Å²) in [6.07, 6.45) is 1.88. The molecule has 1 fully saturated rings. The fraction of sp³-hybridized carbons (Fsp3) is 0.435. The van der Waals surface area contributed by atoms with E-state index >= 15 is 0 Å². The summed E-state index contributed by atoms with van der Waals surface area (Å²) >= 11 is 0. The Kier molecular flexibility index (Phi) is 10.5. The molecular formula is C23H31F2IN4O. The lowest BCUT2D eigenvalue weighted by Crippen LogP contribution is -2.48. The van der Waals surface area contributed by atoms with E-state index in [0.717, 1.165) is 49.7 Å². The maximum absolute atomic E-state index is 13.8. The summed E-state index contributed by atoms with van der Waals surface area (Å²) in [6, 6.07) is 12.0. The Labute approximate surface area is 200 Å². The number of aliphatic imine (C=N–C) groups is 1. The van der Waals surface area contributed by atoms with E-state index in [0.29, 0.717) is 18.2 Å². The van der Waals surface area contributed by atoms with Gasteiger partial charge in [-0.1, -0.05) is 12.1 Å². The lowest BCUT2D eigenvalue weighted by molar-refractivity contribution is 0.181. The minimum Gasteiger partial charge on any atom is -0.380 e. The van der Waals surface area contributed by atoms with Crippen LogP contribution in [0.2, 0.25) is 0 Å². The summed E-state index contributed by atoms with van der Waals surface area (Å²) in [6.45, 7) is 5.20. The third-order valence-corrected chi connectivity index (χ3v) is 5.18. The molecule has 170 valence electrons. The molecule has 8 heteroatoms. The van der Waals surface area contributed by atoms with E-state index in [1.54, 1.807) is 31.4 Å².